The SMILES string of the molecule is C/C=C(\CP(=O)(OC(C)C)OC(C)C)c1ccccc1. The summed E-state index contributed by atoms with van der Waals surface area (Å²) in [4.78, 5) is 0. The number of rotatable bonds is 7. The van der Waals surface area contributed by atoms with Crippen LogP contribution in [0.25, 0.3) is 5.57 Å². The third kappa shape index (κ3) is 5.62. The highest BCUT2D eigenvalue weighted by Gasteiger charge is 2.29. The first-order valence-corrected chi connectivity index (χ1v) is 8.75. The standard InChI is InChI=1S/C16H25O3P/c1-6-15(16-10-8-7-9-11-16)12-20(17,18-13(2)3)19-14(4)5/h6-11,13-14H,12H2,1-5H3/b15-6+. The average Bonchev–Trinajstić information content (AvgIpc) is 2.35. The Kier molecular flexibility index (Phi) is 6.67. The molecular weight excluding hydrogens is 271 g/mol. The van der Waals surface area contributed by atoms with E-state index in [1.807, 2.05) is 71.0 Å². The summed E-state index contributed by atoms with van der Waals surface area (Å²) in [6, 6.07) is 9.91. The van der Waals surface area contributed by atoms with E-state index in [1.165, 1.54) is 0 Å². The predicted molar refractivity (Wildman–Crippen MR) is 85.0 cm³/mol. The number of benzene rings is 1. The Hall–Kier alpha value is -0.890. The lowest BCUT2D eigenvalue weighted by molar-refractivity contribution is 0.144. The van der Waals surface area contributed by atoms with Crippen LogP contribution in [-0.4, -0.2) is 18.4 Å². The highest BCUT2D eigenvalue weighted by Crippen LogP contribution is 2.53. The van der Waals surface area contributed by atoms with Gasteiger partial charge in [0.2, 0.25) is 0 Å². The van der Waals surface area contributed by atoms with Crippen LogP contribution >= 0.6 is 7.60 Å². The van der Waals surface area contributed by atoms with Crippen molar-refractivity contribution in [2.45, 2.75) is 46.8 Å². The smallest absolute Gasteiger partial charge is 0.306 e. The second-order valence-electron chi connectivity index (χ2n) is 5.26. The number of hydrogen-bond donors (Lipinski definition) is 0. The highest BCUT2D eigenvalue weighted by atomic mass is 31.2. The van der Waals surface area contributed by atoms with Crippen molar-refractivity contribution in [2.24, 2.45) is 0 Å². The van der Waals surface area contributed by atoms with Crippen molar-refractivity contribution in [1.29, 1.82) is 0 Å². The molecule has 20 heavy (non-hydrogen) atoms. The normalized spacial score (nSPS) is 13.2. The molecule has 112 valence electrons. The molecule has 0 N–H and O–H groups in total. The summed E-state index contributed by atoms with van der Waals surface area (Å²) in [7, 11) is -3.14. The van der Waals surface area contributed by atoms with Crippen LogP contribution in [0.3, 0.4) is 0 Å². The largest absolute Gasteiger partial charge is 0.335 e. The van der Waals surface area contributed by atoms with Gasteiger partial charge in [-0.1, -0.05) is 36.4 Å². The zero-order chi connectivity index (χ0) is 15.2. The fourth-order valence-corrected chi connectivity index (χ4v) is 4.22. The molecule has 0 saturated heterocycles. The molecule has 0 saturated carbocycles. The molecule has 0 aliphatic rings. The fraction of sp³-hybridized carbons (Fsp3) is 0.500. The molecule has 4 heteroatoms. The van der Waals surface area contributed by atoms with Gasteiger partial charge < -0.3 is 9.05 Å². The molecule has 0 aromatic heterocycles. The molecule has 0 fully saturated rings. The average molecular weight is 296 g/mol. The van der Waals surface area contributed by atoms with Gasteiger partial charge in [-0.15, -0.1) is 0 Å². The van der Waals surface area contributed by atoms with E-state index in [1.54, 1.807) is 0 Å². The van der Waals surface area contributed by atoms with E-state index in [9.17, 15) is 4.57 Å². The van der Waals surface area contributed by atoms with E-state index in [-0.39, 0.29) is 12.2 Å². The number of allylic oxidation sites excluding steroid dienone is 2. The minimum Gasteiger partial charge on any atom is -0.306 e. The van der Waals surface area contributed by atoms with E-state index in [4.69, 9.17) is 9.05 Å². The topological polar surface area (TPSA) is 35.5 Å². The maximum atomic E-state index is 12.9. The van der Waals surface area contributed by atoms with Crippen LogP contribution in [0.4, 0.5) is 0 Å². The highest BCUT2D eigenvalue weighted by molar-refractivity contribution is 7.54. The zero-order valence-electron chi connectivity index (χ0n) is 13.0. The molecule has 0 aliphatic carbocycles. The van der Waals surface area contributed by atoms with Gasteiger partial charge in [0, 0.05) is 0 Å². The first-order chi connectivity index (χ1) is 9.36. The summed E-state index contributed by atoms with van der Waals surface area (Å²) in [6.07, 6.45) is 2.00. The molecule has 3 nitrogen and oxygen atoms in total. The van der Waals surface area contributed by atoms with Crippen LogP contribution in [0.1, 0.15) is 40.2 Å². The lowest BCUT2D eigenvalue weighted by Gasteiger charge is -2.24. The molecule has 0 heterocycles. The van der Waals surface area contributed by atoms with E-state index < -0.39 is 7.60 Å². The Morgan fingerprint density at radius 3 is 2.00 bits per heavy atom. The molecule has 1 aromatic carbocycles. The molecule has 0 atom stereocenters. The minimum atomic E-state index is -3.14. The Morgan fingerprint density at radius 1 is 1.10 bits per heavy atom. The van der Waals surface area contributed by atoms with Gasteiger partial charge in [0.25, 0.3) is 0 Å². The van der Waals surface area contributed by atoms with Gasteiger partial charge in [0.1, 0.15) is 0 Å². The molecular formula is C16H25O3P. The summed E-state index contributed by atoms with van der Waals surface area (Å²) in [5.74, 6) is 0. The van der Waals surface area contributed by atoms with Crippen LogP contribution in [0.5, 0.6) is 0 Å². The molecule has 1 rings (SSSR count). The van der Waals surface area contributed by atoms with E-state index in [0.29, 0.717) is 6.16 Å². The summed E-state index contributed by atoms with van der Waals surface area (Å²) < 4.78 is 24.1. The van der Waals surface area contributed by atoms with Gasteiger partial charge in [-0.2, -0.15) is 0 Å². The Bertz CT molecular complexity index is 464. The van der Waals surface area contributed by atoms with Crippen LogP contribution < -0.4 is 0 Å². The third-order valence-corrected chi connectivity index (χ3v) is 4.81. The molecule has 0 amide bonds. The fourth-order valence-electron chi connectivity index (χ4n) is 1.95. The number of hydrogen-bond acceptors (Lipinski definition) is 3. The van der Waals surface area contributed by atoms with Crippen molar-refractivity contribution in [3.05, 3.63) is 42.0 Å². The molecule has 0 aliphatic heterocycles. The van der Waals surface area contributed by atoms with Gasteiger partial charge >= 0.3 is 7.60 Å². The van der Waals surface area contributed by atoms with Crippen LogP contribution in [0, 0.1) is 0 Å². The monoisotopic (exact) mass is 296 g/mol. The molecule has 0 unspecified atom stereocenters. The van der Waals surface area contributed by atoms with E-state index >= 15 is 0 Å². The molecule has 0 radical (unpaired) electrons. The lowest BCUT2D eigenvalue weighted by Crippen LogP contribution is -2.11. The predicted octanol–water partition coefficient (Wildman–Crippen LogP) is 5.13. The first-order valence-electron chi connectivity index (χ1n) is 7.03. The van der Waals surface area contributed by atoms with Crippen molar-refractivity contribution in [3.63, 3.8) is 0 Å². The van der Waals surface area contributed by atoms with Gasteiger partial charge in [0.05, 0.1) is 18.4 Å². The second-order valence-corrected chi connectivity index (χ2v) is 7.22. The van der Waals surface area contributed by atoms with Crippen molar-refractivity contribution >= 4 is 13.2 Å². The molecule has 0 bridgehead atoms. The minimum absolute atomic E-state index is 0.131. The quantitative estimate of drug-likeness (QED) is 0.654. The summed E-state index contributed by atoms with van der Waals surface area (Å²) >= 11 is 0. The van der Waals surface area contributed by atoms with Crippen molar-refractivity contribution < 1.29 is 13.6 Å². The van der Waals surface area contributed by atoms with Gasteiger partial charge in [0.15, 0.2) is 0 Å². The second kappa shape index (κ2) is 7.78. The van der Waals surface area contributed by atoms with Gasteiger partial charge in [-0.05, 0) is 45.8 Å². The Morgan fingerprint density at radius 2 is 1.60 bits per heavy atom. The Balaban J connectivity index is 2.96. The van der Waals surface area contributed by atoms with E-state index in [0.717, 1.165) is 11.1 Å². The van der Waals surface area contributed by atoms with Crippen molar-refractivity contribution in [1.82, 2.24) is 0 Å². The lowest BCUT2D eigenvalue weighted by atomic mass is 10.1. The maximum Gasteiger partial charge on any atom is 0.335 e. The van der Waals surface area contributed by atoms with Crippen LogP contribution in [-0.2, 0) is 13.6 Å². The Labute approximate surface area is 122 Å². The van der Waals surface area contributed by atoms with Gasteiger partial charge in [-0.3, -0.25) is 4.57 Å². The van der Waals surface area contributed by atoms with Crippen molar-refractivity contribution in [2.75, 3.05) is 6.16 Å². The zero-order valence-corrected chi connectivity index (χ0v) is 13.9. The summed E-state index contributed by atoms with van der Waals surface area (Å²) in [5.41, 5.74) is 2.03. The maximum absolute atomic E-state index is 12.9. The summed E-state index contributed by atoms with van der Waals surface area (Å²) in [6.45, 7) is 9.42. The van der Waals surface area contributed by atoms with E-state index in [2.05, 4.69) is 0 Å². The van der Waals surface area contributed by atoms with Crippen LogP contribution in [0.15, 0.2) is 36.4 Å². The molecule has 0 spiro atoms. The van der Waals surface area contributed by atoms with Crippen molar-refractivity contribution in [3.8, 4) is 0 Å². The summed E-state index contributed by atoms with van der Waals surface area (Å²) in [5, 5.41) is 0. The van der Waals surface area contributed by atoms with Gasteiger partial charge in [-0.25, -0.2) is 0 Å². The first kappa shape index (κ1) is 17.2. The van der Waals surface area contributed by atoms with Crippen LogP contribution in [0.2, 0.25) is 0 Å². The third-order valence-electron chi connectivity index (χ3n) is 2.60. The molecule has 1 aromatic rings.